The highest BCUT2D eigenvalue weighted by Crippen LogP contribution is 2.03. The fourth-order valence-corrected chi connectivity index (χ4v) is 1.76. The van der Waals surface area contributed by atoms with Gasteiger partial charge in [0.25, 0.3) is 0 Å². The molecule has 0 bridgehead atoms. The Morgan fingerprint density at radius 1 is 0.864 bits per heavy atom. The third kappa shape index (κ3) is 8.90. The lowest BCUT2D eigenvalue weighted by Gasteiger charge is -2.22. The van der Waals surface area contributed by atoms with E-state index < -0.39 is 42.3 Å². The van der Waals surface area contributed by atoms with Gasteiger partial charge < -0.3 is 26.0 Å². The van der Waals surface area contributed by atoms with E-state index in [1.165, 1.54) is 0 Å². The molecular formula is C13H22N2O7. The number of hydrogen-bond acceptors (Lipinski definition) is 5. The minimum Gasteiger partial charge on any atom is -0.481 e. The summed E-state index contributed by atoms with van der Waals surface area (Å²) in [5, 5.41) is 31.3. The largest absolute Gasteiger partial charge is 0.481 e. The van der Waals surface area contributed by atoms with Crippen LogP contribution >= 0.6 is 0 Å². The van der Waals surface area contributed by atoms with Crippen LogP contribution in [0.1, 0.15) is 39.5 Å². The molecule has 0 aromatic carbocycles. The van der Waals surface area contributed by atoms with Crippen LogP contribution in [0, 0.1) is 0 Å². The van der Waals surface area contributed by atoms with Gasteiger partial charge in [0.1, 0.15) is 6.04 Å². The van der Waals surface area contributed by atoms with Crippen LogP contribution in [0.2, 0.25) is 0 Å². The van der Waals surface area contributed by atoms with Crippen molar-refractivity contribution in [1.29, 1.82) is 0 Å². The Morgan fingerprint density at radius 2 is 1.32 bits per heavy atom. The van der Waals surface area contributed by atoms with Gasteiger partial charge in [-0.3, -0.25) is 14.4 Å². The number of carbonyl (C=O) groups is 4. The van der Waals surface area contributed by atoms with Crippen molar-refractivity contribution in [2.45, 2.75) is 57.7 Å². The molecule has 0 aliphatic rings. The van der Waals surface area contributed by atoms with Crippen molar-refractivity contribution in [3.8, 4) is 0 Å². The van der Waals surface area contributed by atoms with Crippen LogP contribution in [-0.4, -0.2) is 57.3 Å². The summed E-state index contributed by atoms with van der Waals surface area (Å²) >= 11 is 0. The quantitative estimate of drug-likeness (QED) is 0.346. The number of carboxylic acid groups (broad SMARTS) is 3. The predicted octanol–water partition coefficient (Wildman–Crippen LogP) is -0.348. The molecule has 9 heteroatoms. The highest BCUT2D eigenvalue weighted by atomic mass is 16.4. The van der Waals surface area contributed by atoms with E-state index in [9.17, 15) is 19.2 Å². The molecular weight excluding hydrogens is 296 g/mol. The summed E-state index contributed by atoms with van der Waals surface area (Å²) in [6.07, 6.45) is -0.881. The molecule has 5 N–H and O–H groups in total. The highest BCUT2D eigenvalue weighted by molar-refractivity contribution is 5.87. The Bertz CT molecular complexity index is 423. The van der Waals surface area contributed by atoms with Gasteiger partial charge in [-0.2, -0.15) is 0 Å². The number of carboxylic acids is 3. The molecule has 0 aromatic rings. The molecule has 0 unspecified atom stereocenters. The molecule has 0 aliphatic carbocycles. The molecule has 0 aliphatic heterocycles. The van der Waals surface area contributed by atoms with E-state index >= 15 is 0 Å². The maximum absolute atomic E-state index is 12.1. The summed E-state index contributed by atoms with van der Waals surface area (Å²) in [6.45, 7) is 3.53. The Kier molecular flexibility index (Phi) is 8.76. The lowest BCUT2D eigenvalue weighted by Crippen LogP contribution is -2.51. The zero-order chi connectivity index (χ0) is 17.3. The van der Waals surface area contributed by atoms with Gasteiger partial charge in [0, 0.05) is 18.9 Å². The van der Waals surface area contributed by atoms with Crippen molar-refractivity contribution in [1.82, 2.24) is 10.6 Å². The van der Waals surface area contributed by atoms with Crippen molar-refractivity contribution in [2.24, 2.45) is 0 Å². The van der Waals surface area contributed by atoms with Crippen LogP contribution in [0.3, 0.4) is 0 Å². The Balaban J connectivity index is 4.75. The predicted molar refractivity (Wildman–Crippen MR) is 75.4 cm³/mol. The van der Waals surface area contributed by atoms with Gasteiger partial charge in [0.05, 0.1) is 6.04 Å². The average molecular weight is 318 g/mol. The normalized spacial score (nSPS) is 13.4. The van der Waals surface area contributed by atoms with Crippen LogP contribution in [0.5, 0.6) is 0 Å². The first-order valence-corrected chi connectivity index (χ1v) is 6.86. The number of hydrogen-bond donors (Lipinski definition) is 5. The van der Waals surface area contributed by atoms with Crippen LogP contribution in [0.4, 0.5) is 0 Å². The molecule has 0 saturated carbocycles. The van der Waals surface area contributed by atoms with Crippen LogP contribution in [0.25, 0.3) is 0 Å². The van der Waals surface area contributed by atoms with E-state index in [2.05, 4.69) is 10.6 Å². The summed E-state index contributed by atoms with van der Waals surface area (Å²) in [4.78, 5) is 44.2. The second-order valence-corrected chi connectivity index (χ2v) is 5.14. The topological polar surface area (TPSA) is 153 Å². The third-order valence-corrected chi connectivity index (χ3v) is 2.76. The van der Waals surface area contributed by atoms with Gasteiger partial charge in [0.2, 0.25) is 5.91 Å². The molecule has 1 amide bonds. The molecule has 0 aromatic heterocycles. The first-order valence-electron chi connectivity index (χ1n) is 6.86. The average Bonchev–Trinajstić information content (AvgIpc) is 2.37. The fourth-order valence-electron chi connectivity index (χ4n) is 1.76. The van der Waals surface area contributed by atoms with Crippen molar-refractivity contribution in [3.05, 3.63) is 0 Å². The zero-order valence-electron chi connectivity index (χ0n) is 12.5. The molecule has 9 nitrogen and oxygen atoms in total. The van der Waals surface area contributed by atoms with E-state index in [0.717, 1.165) is 0 Å². The number of carbonyl (C=O) groups excluding carboxylic acids is 1. The summed E-state index contributed by atoms with van der Waals surface area (Å²) in [5.74, 6) is -4.23. The maximum atomic E-state index is 12.1. The fraction of sp³-hybridized carbons (Fsp3) is 0.692. The van der Waals surface area contributed by atoms with Crippen LogP contribution < -0.4 is 10.6 Å². The molecule has 0 fully saturated rings. The third-order valence-electron chi connectivity index (χ3n) is 2.76. The molecule has 0 radical (unpaired) electrons. The number of rotatable bonds is 11. The van der Waals surface area contributed by atoms with Gasteiger partial charge in [0.15, 0.2) is 0 Å². The Hall–Kier alpha value is -2.16. The molecule has 0 saturated heterocycles. The van der Waals surface area contributed by atoms with E-state index in [-0.39, 0.29) is 25.3 Å². The van der Waals surface area contributed by atoms with Crippen molar-refractivity contribution < 1.29 is 34.5 Å². The molecule has 0 heterocycles. The molecule has 22 heavy (non-hydrogen) atoms. The second-order valence-electron chi connectivity index (χ2n) is 5.14. The lowest BCUT2D eigenvalue weighted by molar-refractivity contribution is -0.144. The van der Waals surface area contributed by atoms with E-state index in [1.807, 2.05) is 0 Å². The minimum absolute atomic E-state index is 0.00458. The first kappa shape index (κ1) is 19.8. The van der Waals surface area contributed by atoms with Crippen LogP contribution in [-0.2, 0) is 19.2 Å². The maximum Gasteiger partial charge on any atom is 0.326 e. The molecule has 2 atom stereocenters. The van der Waals surface area contributed by atoms with Gasteiger partial charge in [-0.15, -0.1) is 0 Å². The highest BCUT2D eigenvalue weighted by Gasteiger charge is 2.26. The summed E-state index contributed by atoms with van der Waals surface area (Å²) in [6, 6.07) is -2.29. The minimum atomic E-state index is -1.34. The van der Waals surface area contributed by atoms with E-state index in [0.29, 0.717) is 0 Å². The standard InChI is InChI=1S/C13H22N2O7/c1-7(2)14-8(3-5-10(16)17)12(20)15-9(13(21)22)4-6-11(18)19/h7-9,14H,3-6H2,1-2H3,(H,15,20)(H,16,17)(H,18,19)(H,21,22)/t8-,9-/m1/s1. The molecule has 0 rings (SSSR count). The monoisotopic (exact) mass is 318 g/mol. The lowest BCUT2D eigenvalue weighted by atomic mass is 10.1. The summed E-state index contributed by atoms with van der Waals surface area (Å²) in [5.41, 5.74) is 0. The number of nitrogens with one attached hydrogen (secondary N) is 2. The van der Waals surface area contributed by atoms with Crippen LogP contribution in [0.15, 0.2) is 0 Å². The summed E-state index contributed by atoms with van der Waals surface area (Å²) in [7, 11) is 0. The first-order chi connectivity index (χ1) is 10.1. The second kappa shape index (κ2) is 9.72. The van der Waals surface area contributed by atoms with E-state index in [1.54, 1.807) is 13.8 Å². The number of aliphatic carboxylic acids is 3. The Morgan fingerprint density at radius 3 is 1.68 bits per heavy atom. The summed E-state index contributed by atoms with van der Waals surface area (Å²) < 4.78 is 0. The van der Waals surface area contributed by atoms with E-state index in [4.69, 9.17) is 15.3 Å². The van der Waals surface area contributed by atoms with Crippen molar-refractivity contribution >= 4 is 23.8 Å². The van der Waals surface area contributed by atoms with Gasteiger partial charge in [-0.1, -0.05) is 13.8 Å². The smallest absolute Gasteiger partial charge is 0.326 e. The number of amides is 1. The Labute approximate surface area is 127 Å². The zero-order valence-corrected chi connectivity index (χ0v) is 12.5. The van der Waals surface area contributed by atoms with Crippen molar-refractivity contribution in [2.75, 3.05) is 0 Å². The van der Waals surface area contributed by atoms with Crippen molar-refractivity contribution in [3.63, 3.8) is 0 Å². The molecule has 126 valence electrons. The van der Waals surface area contributed by atoms with Gasteiger partial charge in [-0.25, -0.2) is 4.79 Å². The van der Waals surface area contributed by atoms with Gasteiger partial charge in [-0.05, 0) is 12.8 Å². The molecule has 0 spiro atoms. The SMILES string of the molecule is CC(C)N[C@H](CCC(=O)O)C(=O)N[C@H](CCC(=O)O)C(=O)O. The van der Waals surface area contributed by atoms with Gasteiger partial charge >= 0.3 is 17.9 Å².